The fraction of sp³-hybridized carbons (Fsp3) is 0.182. The average Bonchev–Trinajstić information content (AvgIpc) is 2.67. The average molecular weight is 333 g/mol. The Bertz CT molecular complexity index is 846. The lowest BCUT2D eigenvalue weighted by atomic mass is 9.90. The van der Waals surface area contributed by atoms with Crippen molar-refractivity contribution in [2.45, 2.75) is 19.1 Å². The number of benzene rings is 3. The molecule has 1 heterocycles. The summed E-state index contributed by atoms with van der Waals surface area (Å²) in [4.78, 5) is 0. The third kappa shape index (κ3) is 3.57. The van der Waals surface area contributed by atoms with Crippen LogP contribution in [-0.2, 0) is 13.0 Å². The van der Waals surface area contributed by atoms with E-state index in [1.807, 2.05) is 36.4 Å². The zero-order valence-corrected chi connectivity index (χ0v) is 13.9. The van der Waals surface area contributed by atoms with Gasteiger partial charge >= 0.3 is 0 Å². The highest BCUT2D eigenvalue weighted by Crippen LogP contribution is 2.31. The van der Waals surface area contributed by atoms with Crippen molar-refractivity contribution in [1.29, 1.82) is 0 Å². The maximum atomic E-state index is 13.2. The lowest BCUT2D eigenvalue weighted by Crippen LogP contribution is -2.30. The number of fused-ring (bicyclic) bond motifs is 1. The van der Waals surface area contributed by atoms with Crippen LogP contribution in [0.15, 0.2) is 72.8 Å². The molecule has 4 rings (SSSR count). The summed E-state index contributed by atoms with van der Waals surface area (Å²) in [6.07, 6.45) is 0.968. The molecule has 25 heavy (non-hydrogen) atoms. The lowest BCUT2D eigenvalue weighted by Gasteiger charge is -2.28. The Morgan fingerprint density at radius 2 is 1.76 bits per heavy atom. The molecule has 3 aromatic rings. The molecular weight excluding hydrogens is 313 g/mol. The minimum atomic E-state index is -0.204. The largest absolute Gasteiger partial charge is 0.489 e. The van der Waals surface area contributed by atoms with Gasteiger partial charge < -0.3 is 10.1 Å². The first-order chi connectivity index (χ1) is 12.3. The molecule has 2 nitrogen and oxygen atoms in total. The van der Waals surface area contributed by atoms with E-state index in [4.69, 9.17) is 4.74 Å². The van der Waals surface area contributed by atoms with E-state index in [0.717, 1.165) is 29.8 Å². The summed E-state index contributed by atoms with van der Waals surface area (Å²) in [5.41, 5.74) is 4.77. The number of ether oxygens (including phenoxy) is 1. The van der Waals surface area contributed by atoms with E-state index < -0.39 is 0 Å². The number of halogens is 1. The van der Waals surface area contributed by atoms with E-state index in [-0.39, 0.29) is 11.9 Å². The summed E-state index contributed by atoms with van der Waals surface area (Å²) < 4.78 is 19.1. The summed E-state index contributed by atoms with van der Waals surface area (Å²) in [5.74, 6) is 0.687. The Kier molecular flexibility index (Phi) is 4.49. The molecule has 0 fully saturated rings. The first-order valence-electron chi connectivity index (χ1n) is 8.58. The standard InChI is InChI=1S/C22H20FNO/c23-19-8-6-17(7-9-19)22-21-11-10-20(14-18(21)12-13-24-22)25-15-16-4-2-1-3-5-16/h1-11,14,22,24H,12-13,15H2. The van der Waals surface area contributed by atoms with Crippen LogP contribution in [0.25, 0.3) is 0 Å². The smallest absolute Gasteiger partial charge is 0.123 e. The van der Waals surface area contributed by atoms with Gasteiger partial charge in [0.2, 0.25) is 0 Å². The van der Waals surface area contributed by atoms with Gasteiger partial charge in [0.1, 0.15) is 18.2 Å². The maximum Gasteiger partial charge on any atom is 0.123 e. The summed E-state index contributed by atoms with van der Waals surface area (Å²) >= 11 is 0. The maximum absolute atomic E-state index is 13.2. The van der Waals surface area contributed by atoms with Gasteiger partial charge in [0.25, 0.3) is 0 Å². The highest BCUT2D eigenvalue weighted by molar-refractivity contribution is 5.43. The fourth-order valence-electron chi connectivity index (χ4n) is 3.32. The molecule has 0 bridgehead atoms. The second kappa shape index (κ2) is 7.08. The minimum absolute atomic E-state index is 0.104. The van der Waals surface area contributed by atoms with Gasteiger partial charge in [-0.3, -0.25) is 0 Å². The van der Waals surface area contributed by atoms with Gasteiger partial charge in [-0.1, -0.05) is 48.5 Å². The van der Waals surface area contributed by atoms with Crippen molar-refractivity contribution in [2.24, 2.45) is 0 Å². The third-order valence-corrected chi connectivity index (χ3v) is 4.62. The van der Waals surface area contributed by atoms with Gasteiger partial charge in [-0.2, -0.15) is 0 Å². The molecule has 1 unspecified atom stereocenters. The molecule has 1 atom stereocenters. The molecule has 0 aliphatic carbocycles. The Labute approximate surface area is 147 Å². The van der Waals surface area contributed by atoms with Crippen molar-refractivity contribution in [1.82, 2.24) is 5.32 Å². The SMILES string of the molecule is Fc1ccc(C2NCCc3cc(OCc4ccccc4)ccc32)cc1. The fourth-order valence-corrected chi connectivity index (χ4v) is 3.32. The molecule has 0 aromatic heterocycles. The van der Waals surface area contributed by atoms with Crippen LogP contribution in [0.3, 0.4) is 0 Å². The summed E-state index contributed by atoms with van der Waals surface area (Å²) in [6.45, 7) is 1.47. The van der Waals surface area contributed by atoms with Crippen molar-refractivity contribution in [3.63, 3.8) is 0 Å². The topological polar surface area (TPSA) is 21.3 Å². The van der Waals surface area contributed by atoms with Crippen LogP contribution in [0, 0.1) is 5.82 Å². The molecule has 3 heteroatoms. The van der Waals surface area contributed by atoms with E-state index in [2.05, 4.69) is 29.6 Å². The van der Waals surface area contributed by atoms with E-state index in [1.54, 1.807) is 0 Å². The van der Waals surface area contributed by atoms with Crippen molar-refractivity contribution in [3.8, 4) is 5.75 Å². The summed E-state index contributed by atoms with van der Waals surface area (Å²) in [6, 6.07) is 23.3. The molecule has 3 aromatic carbocycles. The van der Waals surface area contributed by atoms with Crippen LogP contribution >= 0.6 is 0 Å². The van der Waals surface area contributed by atoms with Crippen molar-refractivity contribution in [2.75, 3.05) is 6.54 Å². The number of hydrogen-bond acceptors (Lipinski definition) is 2. The molecule has 0 saturated heterocycles. The molecule has 0 spiro atoms. The van der Waals surface area contributed by atoms with Crippen LogP contribution in [0.5, 0.6) is 5.75 Å². The van der Waals surface area contributed by atoms with Crippen molar-refractivity contribution < 1.29 is 9.13 Å². The molecule has 1 N–H and O–H groups in total. The Morgan fingerprint density at radius 1 is 0.960 bits per heavy atom. The predicted octanol–water partition coefficient (Wildman–Crippen LogP) is 4.64. The second-order valence-electron chi connectivity index (χ2n) is 6.32. The highest BCUT2D eigenvalue weighted by Gasteiger charge is 2.21. The number of rotatable bonds is 4. The number of hydrogen-bond donors (Lipinski definition) is 1. The summed E-state index contributed by atoms with van der Waals surface area (Å²) in [5, 5.41) is 3.53. The van der Waals surface area contributed by atoms with E-state index in [1.165, 1.54) is 23.3 Å². The van der Waals surface area contributed by atoms with Gasteiger partial charge in [0, 0.05) is 6.54 Å². The summed E-state index contributed by atoms with van der Waals surface area (Å²) in [7, 11) is 0. The van der Waals surface area contributed by atoms with Crippen LogP contribution < -0.4 is 10.1 Å². The second-order valence-corrected chi connectivity index (χ2v) is 6.32. The van der Waals surface area contributed by atoms with Crippen molar-refractivity contribution >= 4 is 0 Å². The zero-order valence-electron chi connectivity index (χ0n) is 13.9. The quantitative estimate of drug-likeness (QED) is 0.751. The number of nitrogens with one attached hydrogen (secondary N) is 1. The van der Waals surface area contributed by atoms with Gasteiger partial charge in [-0.25, -0.2) is 4.39 Å². The Balaban J connectivity index is 1.54. The highest BCUT2D eigenvalue weighted by atomic mass is 19.1. The molecule has 126 valence electrons. The third-order valence-electron chi connectivity index (χ3n) is 4.62. The monoisotopic (exact) mass is 333 g/mol. The Hall–Kier alpha value is -2.65. The van der Waals surface area contributed by atoms with E-state index in [0.29, 0.717) is 6.61 Å². The molecule has 0 saturated carbocycles. The lowest BCUT2D eigenvalue weighted by molar-refractivity contribution is 0.305. The van der Waals surface area contributed by atoms with Gasteiger partial charge in [-0.15, -0.1) is 0 Å². The van der Waals surface area contributed by atoms with Crippen LogP contribution in [0.1, 0.15) is 28.3 Å². The molecule has 0 amide bonds. The van der Waals surface area contributed by atoms with Crippen LogP contribution in [0.4, 0.5) is 4.39 Å². The van der Waals surface area contributed by atoms with Gasteiger partial charge in [-0.05, 0) is 52.9 Å². The van der Waals surface area contributed by atoms with E-state index >= 15 is 0 Å². The van der Waals surface area contributed by atoms with Crippen molar-refractivity contribution in [3.05, 3.63) is 101 Å². The molecular formula is C22H20FNO. The molecule has 1 aliphatic rings. The minimum Gasteiger partial charge on any atom is -0.489 e. The van der Waals surface area contributed by atoms with Gasteiger partial charge in [0.15, 0.2) is 0 Å². The molecule has 1 aliphatic heterocycles. The normalized spacial score (nSPS) is 16.3. The van der Waals surface area contributed by atoms with Crippen LogP contribution in [0.2, 0.25) is 0 Å². The predicted molar refractivity (Wildman–Crippen MR) is 97.2 cm³/mol. The first-order valence-corrected chi connectivity index (χ1v) is 8.58. The zero-order chi connectivity index (χ0) is 17.1. The Morgan fingerprint density at radius 3 is 2.56 bits per heavy atom. The van der Waals surface area contributed by atoms with E-state index in [9.17, 15) is 4.39 Å². The van der Waals surface area contributed by atoms with Crippen LogP contribution in [-0.4, -0.2) is 6.54 Å². The first kappa shape index (κ1) is 15.9. The molecule has 0 radical (unpaired) electrons. The van der Waals surface area contributed by atoms with Gasteiger partial charge in [0.05, 0.1) is 6.04 Å².